The van der Waals surface area contributed by atoms with E-state index in [1.165, 1.54) is 11.2 Å². The Labute approximate surface area is 130 Å². The summed E-state index contributed by atoms with van der Waals surface area (Å²) >= 11 is 0. The lowest BCUT2D eigenvalue weighted by molar-refractivity contribution is 0.0532. The van der Waals surface area contributed by atoms with E-state index in [1.54, 1.807) is 32.9 Å². The maximum atomic E-state index is 11.5. The number of hydrogen-bond acceptors (Lipinski definition) is 6. The summed E-state index contributed by atoms with van der Waals surface area (Å²) in [4.78, 5) is 15.4. The number of alkyl carbamates (subject to hydrolysis) is 1. The highest BCUT2D eigenvalue weighted by Crippen LogP contribution is 2.19. The first-order chi connectivity index (χ1) is 10.2. The number of nitrogens with one attached hydrogen (secondary N) is 1. The highest BCUT2D eigenvalue weighted by Gasteiger charge is 2.15. The largest absolute Gasteiger partial charge is 0.444 e. The summed E-state index contributed by atoms with van der Waals surface area (Å²) in [6, 6.07) is 7.18. The molecule has 0 aliphatic heterocycles. The normalized spacial score (nSPS) is 11.7. The molecule has 0 saturated heterocycles. The number of nitrogens with two attached hydrogens (primary N) is 2. The van der Waals surface area contributed by atoms with Crippen LogP contribution in [0.3, 0.4) is 0 Å². The number of ether oxygens (including phenoxy) is 1. The fourth-order valence-corrected chi connectivity index (χ4v) is 1.54. The van der Waals surface area contributed by atoms with Crippen LogP contribution < -0.4 is 21.9 Å². The monoisotopic (exact) mass is 305 g/mol. The fraction of sp³-hybridized carbons (Fsp3) is 0.333. The zero-order valence-corrected chi connectivity index (χ0v) is 13.2. The summed E-state index contributed by atoms with van der Waals surface area (Å²) in [5, 5.41) is 3.90. The Morgan fingerprint density at radius 1 is 1.50 bits per heavy atom. The van der Waals surface area contributed by atoms with Crippen molar-refractivity contribution in [2.24, 2.45) is 16.6 Å². The van der Waals surface area contributed by atoms with Crippen LogP contribution >= 0.6 is 0 Å². The van der Waals surface area contributed by atoms with Gasteiger partial charge in [-0.05, 0) is 45.7 Å². The van der Waals surface area contributed by atoms with Crippen molar-refractivity contribution in [3.8, 4) is 0 Å². The molecule has 0 atom stereocenters. The number of hydrazine groups is 1. The highest BCUT2D eigenvalue weighted by atomic mass is 16.6. The maximum Gasteiger partial charge on any atom is 0.407 e. The van der Waals surface area contributed by atoms with E-state index in [1.807, 2.05) is 12.1 Å². The van der Waals surface area contributed by atoms with Crippen molar-refractivity contribution in [1.82, 2.24) is 5.32 Å². The smallest absolute Gasteiger partial charge is 0.407 e. The Hall–Kier alpha value is -2.54. The van der Waals surface area contributed by atoms with E-state index in [-0.39, 0.29) is 6.54 Å². The van der Waals surface area contributed by atoms with Crippen molar-refractivity contribution >= 4 is 24.2 Å². The van der Waals surface area contributed by atoms with Gasteiger partial charge in [0, 0.05) is 11.9 Å². The first kappa shape index (κ1) is 17.5. The van der Waals surface area contributed by atoms with E-state index in [0.29, 0.717) is 17.1 Å². The van der Waals surface area contributed by atoms with Crippen LogP contribution in [0.5, 0.6) is 0 Å². The predicted octanol–water partition coefficient (Wildman–Crippen LogP) is 2.02. The molecular weight excluding hydrogens is 282 g/mol. The van der Waals surface area contributed by atoms with Crippen LogP contribution in [-0.4, -0.2) is 25.0 Å². The Bertz CT molecular complexity index is 563. The van der Waals surface area contributed by atoms with Gasteiger partial charge in [-0.15, -0.1) is 0 Å². The summed E-state index contributed by atoms with van der Waals surface area (Å²) < 4.78 is 5.11. The van der Waals surface area contributed by atoms with Crippen molar-refractivity contribution in [1.29, 1.82) is 0 Å². The number of anilines is 1. The van der Waals surface area contributed by atoms with Gasteiger partial charge < -0.3 is 15.8 Å². The molecule has 0 bridgehead atoms. The second-order valence-electron chi connectivity index (χ2n) is 5.64. The van der Waals surface area contributed by atoms with Gasteiger partial charge in [0.15, 0.2) is 0 Å². The van der Waals surface area contributed by atoms with Gasteiger partial charge in [0.25, 0.3) is 0 Å². The van der Waals surface area contributed by atoms with Gasteiger partial charge in [-0.2, -0.15) is 0 Å². The molecule has 7 heteroatoms. The standard InChI is InChI=1S/C15H23N5O2/c1-15(2,3)22-14(21)19-9-11(16)10-20(17)13-7-5-6-12(8-13)18-4/h5-8,10H,4,9,16-17H2,1-3H3,(H,19,21)/b11-10-. The van der Waals surface area contributed by atoms with Crippen molar-refractivity contribution in [3.05, 3.63) is 36.2 Å². The Morgan fingerprint density at radius 3 is 2.77 bits per heavy atom. The molecule has 1 aromatic rings. The third kappa shape index (κ3) is 6.27. The van der Waals surface area contributed by atoms with Gasteiger partial charge in [-0.25, -0.2) is 10.6 Å². The quantitative estimate of drug-likeness (QED) is 0.438. The van der Waals surface area contributed by atoms with Crippen molar-refractivity contribution in [2.45, 2.75) is 26.4 Å². The second-order valence-corrected chi connectivity index (χ2v) is 5.64. The summed E-state index contributed by atoms with van der Waals surface area (Å²) in [5.41, 5.74) is 7.05. The van der Waals surface area contributed by atoms with E-state index in [2.05, 4.69) is 17.0 Å². The van der Waals surface area contributed by atoms with Crippen LogP contribution in [0.25, 0.3) is 0 Å². The van der Waals surface area contributed by atoms with Gasteiger partial charge in [0.05, 0.1) is 17.9 Å². The molecule has 0 saturated carbocycles. The molecule has 1 rings (SSSR count). The van der Waals surface area contributed by atoms with E-state index < -0.39 is 11.7 Å². The number of carbonyl (C=O) groups excluding carboxylic acids is 1. The topological polar surface area (TPSA) is 106 Å². The van der Waals surface area contributed by atoms with Crippen molar-refractivity contribution in [3.63, 3.8) is 0 Å². The summed E-state index contributed by atoms with van der Waals surface area (Å²) in [6.45, 7) is 8.94. The van der Waals surface area contributed by atoms with Gasteiger partial charge in [0.2, 0.25) is 0 Å². The molecule has 0 aliphatic rings. The molecule has 5 N–H and O–H groups in total. The average molecular weight is 305 g/mol. The minimum atomic E-state index is -0.555. The number of nitrogens with zero attached hydrogens (tertiary/aromatic N) is 2. The lowest BCUT2D eigenvalue weighted by atomic mass is 10.2. The fourth-order valence-electron chi connectivity index (χ4n) is 1.54. The molecule has 0 aliphatic carbocycles. The van der Waals surface area contributed by atoms with Crippen LogP contribution in [0.15, 0.2) is 41.2 Å². The third-order valence-corrected chi connectivity index (χ3v) is 2.45. The molecule has 0 spiro atoms. The summed E-state index contributed by atoms with van der Waals surface area (Å²) in [7, 11) is 0. The van der Waals surface area contributed by atoms with Crippen LogP contribution in [0.4, 0.5) is 16.2 Å². The number of rotatable bonds is 5. The van der Waals surface area contributed by atoms with Crippen molar-refractivity contribution in [2.75, 3.05) is 11.6 Å². The Morgan fingerprint density at radius 2 is 2.18 bits per heavy atom. The van der Waals surface area contributed by atoms with E-state index in [4.69, 9.17) is 16.3 Å². The minimum absolute atomic E-state index is 0.127. The SMILES string of the molecule is C=Nc1cccc(N(N)/C=C(\N)CNC(=O)OC(C)(C)C)c1. The number of carbonyl (C=O) groups is 1. The summed E-state index contributed by atoms with van der Waals surface area (Å²) in [5.74, 6) is 5.90. The molecule has 120 valence electrons. The molecule has 22 heavy (non-hydrogen) atoms. The van der Waals surface area contributed by atoms with E-state index in [0.717, 1.165) is 0 Å². The average Bonchev–Trinajstić information content (AvgIpc) is 2.43. The lowest BCUT2D eigenvalue weighted by Crippen LogP contribution is -2.35. The molecule has 1 amide bonds. The van der Waals surface area contributed by atoms with Crippen LogP contribution in [0.2, 0.25) is 0 Å². The molecule has 0 fully saturated rings. The number of hydrogen-bond donors (Lipinski definition) is 3. The Kier molecular flexibility index (Phi) is 5.94. The molecule has 0 unspecified atom stereocenters. The van der Waals surface area contributed by atoms with Crippen LogP contribution in [0, 0.1) is 0 Å². The first-order valence-electron chi connectivity index (χ1n) is 6.75. The van der Waals surface area contributed by atoms with Gasteiger partial charge in [-0.3, -0.25) is 10.0 Å². The van der Waals surface area contributed by atoms with Gasteiger partial charge in [-0.1, -0.05) is 6.07 Å². The molecular formula is C15H23N5O2. The van der Waals surface area contributed by atoms with Crippen molar-refractivity contribution < 1.29 is 9.53 Å². The molecule has 0 heterocycles. The van der Waals surface area contributed by atoms with E-state index in [9.17, 15) is 4.79 Å². The molecule has 0 aromatic heterocycles. The van der Waals surface area contributed by atoms with Crippen LogP contribution in [0.1, 0.15) is 20.8 Å². The zero-order chi connectivity index (χ0) is 16.8. The lowest BCUT2D eigenvalue weighted by Gasteiger charge is -2.20. The minimum Gasteiger partial charge on any atom is -0.444 e. The number of amides is 1. The number of benzene rings is 1. The molecule has 7 nitrogen and oxygen atoms in total. The predicted molar refractivity (Wildman–Crippen MR) is 88.8 cm³/mol. The first-order valence-corrected chi connectivity index (χ1v) is 6.75. The molecule has 1 aromatic carbocycles. The van der Waals surface area contributed by atoms with E-state index >= 15 is 0 Å². The van der Waals surface area contributed by atoms with Gasteiger partial charge in [0.1, 0.15) is 5.60 Å². The maximum absolute atomic E-state index is 11.5. The van der Waals surface area contributed by atoms with Crippen LogP contribution in [-0.2, 0) is 4.74 Å². The molecule has 0 radical (unpaired) electrons. The number of aliphatic imine (C=N–C) groups is 1. The zero-order valence-electron chi connectivity index (χ0n) is 13.2. The summed E-state index contributed by atoms with van der Waals surface area (Å²) in [6.07, 6.45) is 0.977. The second kappa shape index (κ2) is 7.46. The third-order valence-electron chi connectivity index (χ3n) is 2.45. The van der Waals surface area contributed by atoms with Gasteiger partial charge >= 0.3 is 6.09 Å². The Balaban J connectivity index is 2.60. The highest BCUT2D eigenvalue weighted by molar-refractivity contribution is 5.68.